The van der Waals surface area contributed by atoms with Crippen molar-refractivity contribution in [1.82, 2.24) is 5.32 Å². The van der Waals surface area contributed by atoms with E-state index in [2.05, 4.69) is 5.32 Å². The second kappa shape index (κ2) is 9.48. The third-order valence-corrected chi connectivity index (χ3v) is 3.72. The molecule has 0 aliphatic heterocycles. The Hall–Kier alpha value is -2.99. The third kappa shape index (κ3) is 5.82. The van der Waals surface area contributed by atoms with Crippen LogP contribution < -0.4 is 11.1 Å². The van der Waals surface area contributed by atoms with Gasteiger partial charge in [0.25, 0.3) is 0 Å². The molecule has 0 saturated heterocycles. The van der Waals surface area contributed by atoms with Gasteiger partial charge in [0.2, 0.25) is 0 Å². The molecule has 4 N–H and O–H groups in total. The van der Waals surface area contributed by atoms with Crippen molar-refractivity contribution in [2.45, 2.75) is 13.0 Å². The highest BCUT2D eigenvalue weighted by Gasteiger charge is 2.11. The number of hydrogen-bond acceptors (Lipinski definition) is 4. The third-order valence-electron chi connectivity index (χ3n) is 3.50. The molecule has 0 unspecified atom stereocenters. The fourth-order valence-electron chi connectivity index (χ4n) is 2.20. The van der Waals surface area contributed by atoms with Crippen molar-refractivity contribution < 1.29 is 19.4 Å². The molecule has 1 amide bonds. The maximum Gasteiger partial charge on any atom is 0.407 e. The molecule has 0 radical (unpaired) electrons. The summed E-state index contributed by atoms with van der Waals surface area (Å²) in [6, 6.07) is 12.3. The molecular weight excluding hydrogens is 356 g/mol. The monoisotopic (exact) mass is 374 g/mol. The van der Waals surface area contributed by atoms with Crippen molar-refractivity contribution in [3.63, 3.8) is 0 Å². The van der Waals surface area contributed by atoms with E-state index in [-0.39, 0.29) is 17.9 Å². The largest absolute Gasteiger partial charge is 0.478 e. The number of rotatable bonds is 7. The summed E-state index contributed by atoms with van der Waals surface area (Å²) < 4.78 is 5.09. The summed E-state index contributed by atoms with van der Waals surface area (Å²) in [6.45, 7) is 0.579. The van der Waals surface area contributed by atoms with Crippen LogP contribution in [0.3, 0.4) is 0 Å². The Morgan fingerprint density at radius 3 is 2.65 bits per heavy atom. The maximum absolute atomic E-state index is 11.6. The number of ether oxygens (including phenoxy) is 1. The normalized spacial score (nSPS) is 10.7. The van der Waals surface area contributed by atoms with Gasteiger partial charge in [-0.1, -0.05) is 54.1 Å². The first-order valence-corrected chi connectivity index (χ1v) is 8.28. The summed E-state index contributed by atoms with van der Waals surface area (Å²) in [5.74, 6) is -1.14. The smallest absolute Gasteiger partial charge is 0.407 e. The SMILES string of the molecule is Nc1c(C=CCCNC(=O)OCc2ccccc2)cc(Cl)cc1C(=O)O. The van der Waals surface area contributed by atoms with Gasteiger partial charge in [0.1, 0.15) is 6.61 Å². The number of carboxylic acid groups (broad SMARTS) is 1. The second-order valence-corrected chi connectivity index (χ2v) is 5.88. The number of benzene rings is 2. The van der Waals surface area contributed by atoms with Gasteiger partial charge in [-0.05, 0) is 29.7 Å². The molecule has 0 aliphatic rings. The molecule has 0 spiro atoms. The van der Waals surface area contributed by atoms with Crippen molar-refractivity contribution in [2.75, 3.05) is 12.3 Å². The van der Waals surface area contributed by atoms with Crippen LogP contribution in [-0.4, -0.2) is 23.7 Å². The van der Waals surface area contributed by atoms with Crippen LogP contribution in [0.4, 0.5) is 10.5 Å². The maximum atomic E-state index is 11.6. The van der Waals surface area contributed by atoms with E-state index >= 15 is 0 Å². The fraction of sp³-hybridized carbons (Fsp3) is 0.158. The average Bonchev–Trinajstić information content (AvgIpc) is 2.62. The number of nitrogens with one attached hydrogen (secondary N) is 1. The molecule has 0 atom stereocenters. The zero-order valence-electron chi connectivity index (χ0n) is 13.9. The molecule has 136 valence electrons. The molecule has 7 heteroatoms. The van der Waals surface area contributed by atoms with Crippen molar-refractivity contribution >= 4 is 35.4 Å². The summed E-state index contributed by atoms with van der Waals surface area (Å²) in [5.41, 5.74) is 7.36. The summed E-state index contributed by atoms with van der Waals surface area (Å²) >= 11 is 5.91. The molecule has 0 bridgehead atoms. The van der Waals surface area contributed by atoms with E-state index in [1.165, 1.54) is 6.07 Å². The number of nitrogens with two attached hydrogens (primary N) is 1. The lowest BCUT2D eigenvalue weighted by atomic mass is 10.1. The van der Waals surface area contributed by atoms with Crippen molar-refractivity contribution in [2.24, 2.45) is 0 Å². The van der Waals surface area contributed by atoms with E-state index in [1.807, 2.05) is 30.3 Å². The van der Waals surface area contributed by atoms with Crippen LogP contribution in [-0.2, 0) is 11.3 Å². The Morgan fingerprint density at radius 1 is 1.23 bits per heavy atom. The molecule has 0 aliphatic carbocycles. The first-order valence-electron chi connectivity index (χ1n) is 7.91. The number of halogens is 1. The van der Waals surface area contributed by atoms with Gasteiger partial charge in [-0.2, -0.15) is 0 Å². The van der Waals surface area contributed by atoms with Gasteiger partial charge in [-0.25, -0.2) is 9.59 Å². The second-order valence-electron chi connectivity index (χ2n) is 5.44. The molecule has 26 heavy (non-hydrogen) atoms. The highest BCUT2D eigenvalue weighted by atomic mass is 35.5. The van der Waals surface area contributed by atoms with Crippen LogP contribution in [0.5, 0.6) is 0 Å². The summed E-state index contributed by atoms with van der Waals surface area (Å²) in [7, 11) is 0. The van der Waals surface area contributed by atoms with Crippen molar-refractivity contribution in [1.29, 1.82) is 0 Å². The Balaban J connectivity index is 1.79. The number of nitrogen functional groups attached to an aromatic ring is 1. The minimum absolute atomic E-state index is 0.0419. The van der Waals surface area contributed by atoms with E-state index in [0.717, 1.165) is 5.56 Å². The Bertz CT molecular complexity index is 807. The first-order chi connectivity index (χ1) is 12.5. The number of carbonyl (C=O) groups excluding carboxylic acids is 1. The molecule has 0 aromatic heterocycles. The van der Waals surface area contributed by atoms with Crippen LogP contribution in [0.25, 0.3) is 6.08 Å². The van der Waals surface area contributed by atoms with Gasteiger partial charge in [0.15, 0.2) is 0 Å². The minimum atomic E-state index is -1.14. The van der Waals surface area contributed by atoms with Crippen LogP contribution in [0.15, 0.2) is 48.5 Å². The Morgan fingerprint density at radius 2 is 1.96 bits per heavy atom. The predicted molar refractivity (Wildman–Crippen MR) is 101 cm³/mol. The van der Waals surface area contributed by atoms with E-state index in [1.54, 1.807) is 18.2 Å². The lowest BCUT2D eigenvalue weighted by molar-refractivity contribution is 0.0698. The number of amides is 1. The van der Waals surface area contributed by atoms with Crippen LogP contribution in [0.2, 0.25) is 5.02 Å². The summed E-state index contributed by atoms with van der Waals surface area (Å²) in [5, 5.41) is 12.0. The van der Waals surface area contributed by atoms with Gasteiger partial charge < -0.3 is 20.9 Å². The molecular formula is C19H19ClN2O4. The zero-order valence-corrected chi connectivity index (χ0v) is 14.7. The highest BCUT2D eigenvalue weighted by Crippen LogP contribution is 2.24. The molecule has 2 aromatic rings. The van der Waals surface area contributed by atoms with Gasteiger partial charge >= 0.3 is 12.1 Å². The van der Waals surface area contributed by atoms with Crippen LogP contribution >= 0.6 is 11.6 Å². The van der Waals surface area contributed by atoms with E-state index in [4.69, 9.17) is 27.2 Å². The first kappa shape index (κ1) is 19.3. The lowest BCUT2D eigenvalue weighted by Gasteiger charge is -2.07. The number of hydrogen-bond donors (Lipinski definition) is 3. The van der Waals surface area contributed by atoms with Gasteiger partial charge in [0, 0.05) is 11.6 Å². The lowest BCUT2D eigenvalue weighted by Crippen LogP contribution is -2.24. The zero-order chi connectivity index (χ0) is 18.9. The molecule has 2 rings (SSSR count). The molecule has 2 aromatic carbocycles. The molecule has 0 heterocycles. The standard InChI is InChI=1S/C19H19ClN2O4/c20-15-10-14(17(21)16(11-15)18(23)24)8-4-5-9-22-19(25)26-12-13-6-2-1-3-7-13/h1-4,6-8,10-11H,5,9,12,21H2,(H,22,25)(H,23,24). The van der Waals surface area contributed by atoms with Gasteiger partial charge in [-0.15, -0.1) is 0 Å². The van der Waals surface area contributed by atoms with Crippen LogP contribution in [0, 0.1) is 0 Å². The number of carboxylic acids is 1. The summed E-state index contributed by atoms with van der Waals surface area (Å²) in [4.78, 5) is 22.7. The Labute approximate surface area is 156 Å². The number of carbonyl (C=O) groups is 2. The minimum Gasteiger partial charge on any atom is -0.478 e. The Kier molecular flexibility index (Phi) is 7.05. The molecule has 6 nitrogen and oxygen atoms in total. The highest BCUT2D eigenvalue weighted by molar-refractivity contribution is 6.31. The number of alkyl carbamates (subject to hydrolysis) is 1. The molecule has 0 saturated carbocycles. The average molecular weight is 375 g/mol. The topological polar surface area (TPSA) is 102 Å². The fourth-order valence-corrected chi connectivity index (χ4v) is 2.42. The van der Waals surface area contributed by atoms with Gasteiger partial charge in [0.05, 0.1) is 11.3 Å². The number of anilines is 1. The van der Waals surface area contributed by atoms with Crippen molar-refractivity contribution in [3.05, 3.63) is 70.3 Å². The molecule has 0 fully saturated rings. The van der Waals surface area contributed by atoms with E-state index in [0.29, 0.717) is 23.6 Å². The predicted octanol–water partition coefficient (Wildman–Crippen LogP) is 3.95. The summed E-state index contributed by atoms with van der Waals surface area (Å²) in [6.07, 6.45) is 3.46. The van der Waals surface area contributed by atoms with E-state index < -0.39 is 12.1 Å². The van der Waals surface area contributed by atoms with Gasteiger partial charge in [-0.3, -0.25) is 0 Å². The number of aromatic carboxylic acids is 1. The van der Waals surface area contributed by atoms with E-state index in [9.17, 15) is 9.59 Å². The van der Waals surface area contributed by atoms with Crippen molar-refractivity contribution in [3.8, 4) is 0 Å². The quantitative estimate of drug-likeness (QED) is 0.503. The van der Waals surface area contributed by atoms with Crippen LogP contribution in [0.1, 0.15) is 27.9 Å².